The average Bonchev–Trinajstić information content (AvgIpc) is 2.99. The number of fused-ring (bicyclic) bond motifs is 7. The fraction of sp³-hybridized carbons (Fsp3) is 0.381. The van der Waals surface area contributed by atoms with E-state index in [2.05, 4.69) is 6.07 Å². The number of rotatable bonds is 2. The highest BCUT2D eigenvalue weighted by Crippen LogP contribution is 2.44. The van der Waals surface area contributed by atoms with Gasteiger partial charge < -0.3 is 23.8 Å². The number of ether oxygens (including phenoxy) is 4. The van der Waals surface area contributed by atoms with Crippen molar-refractivity contribution in [1.29, 1.82) is 0 Å². The molecule has 0 saturated carbocycles. The monoisotopic (exact) mass is 367 g/mol. The predicted octanol–water partition coefficient (Wildman–Crippen LogP) is 2.51. The molecule has 1 unspecified atom stereocenters. The van der Waals surface area contributed by atoms with E-state index in [9.17, 15) is 4.79 Å². The summed E-state index contributed by atoms with van der Waals surface area (Å²) in [5.74, 6) is 3.13. The van der Waals surface area contributed by atoms with Crippen LogP contribution in [0.1, 0.15) is 28.2 Å². The smallest absolute Gasteiger partial charge is 0.231 e. The summed E-state index contributed by atoms with van der Waals surface area (Å²) in [4.78, 5) is 14.8. The van der Waals surface area contributed by atoms with Gasteiger partial charge in [0.1, 0.15) is 0 Å². The molecular weight excluding hydrogens is 346 g/mol. The van der Waals surface area contributed by atoms with E-state index in [4.69, 9.17) is 18.9 Å². The van der Waals surface area contributed by atoms with Gasteiger partial charge in [0.2, 0.25) is 12.7 Å². The van der Waals surface area contributed by atoms with Crippen molar-refractivity contribution < 1.29 is 23.7 Å². The predicted molar refractivity (Wildman–Crippen MR) is 97.9 cm³/mol. The van der Waals surface area contributed by atoms with E-state index in [1.807, 2.05) is 23.1 Å². The summed E-state index contributed by atoms with van der Waals surface area (Å²) in [5, 5.41) is 0. The van der Waals surface area contributed by atoms with Crippen molar-refractivity contribution in [1.82, 2.24) is 4.90 Å². The number of carbonyl (C=O) groups is 1. The largest absolute Gasteiger partial charge is 0.493 e. The number of nitrogens with zero attached hydrogens (tertiary/aromatic N) is 1. The Morgan fingerprint density at radius 1 is 0.963 bits per heavy atom. The number of methoxy groups -OCH3 is 2. The molecule has 1 atom stereocenters. The van der Waals surface area contributed by atoms with Gasteiger partial charge in [-0.05, 0) is 52.9 Å². The SMILES string of the molecule is COc1cc2c(cc1OC)C1CN(CC2)C(=O)Cc2cc3c(cc21)OCO3. The van der Waals surface area contributed by atoms with E-state index in [1.54, 1.807) is 14.2 Å². The fourth-order valence-corrected chi connectivity index (χ4v) is 4.39. The van der Waals surface area contributed by atoms with Crippen molar-refractivity contribution >= 4 is 5.91 Å². The number of amides is 1. The van der Waals surface area contributed by atoms with Gasteiger partial charge in [-0.25, -0.2) is 0 Å². The third kappa shape index (κ3) is 2.51. The van der Waals surface area contributed by atoms with Crippen molar-refractivity contribution in [2.75, 3.05) is 34.1 Å². The molecule has 0 radical (unpaired) electrons. The zero-order chi connectivity index (χ0) is 18.5. The Bertz CT molecular complexity index is 939. The summed E-state index contributed by atoms with van der Waals surface area (Å²) >= 11 is 0. The van der Waals surface area contributed by atoms with Crippen LogP contribution >= 0.6 is 0 Å². The van der Waals surface area contributed by atoms with Crippen LogP contribution in [0.2, 0.25) is 0 Å². The molecule has 0 aromatic heterocycles. The van der Waals surface area contributed by atoms with E-state index in [1.165, 1.54) is 11.1 Å². The van der Waals surface area contributed by atoms with Gasteiger partial charge >= 0.3 is 0 Å². The molecule has 0 N–H and O–H groups in total. The minimum atomic E-state index is 0.0678. The Labute approximate surface area is 157 Å². The summed E-state index contributed by atoms with van der Waals surface area (Å²) < 4.78 is 22.2. The summed E-state index contributed by atoms with van der Waals surface area (Å²) in [6, 6.07) is 8.12. The Hall–Kier alpha value is -2.89. The lowest BCUT2D eigenvalue weighted by molar-refractivity contribution is -0.130. The second-order valence-corrected chi connectivity index (χ2v) is 7.13. The van der Waals surface area contributed by atoms with Gasteiger partial charge in [0, 0.05) is 19.0 Å². The Morgan fingerprint density at radius 2 is 1.67 bits per heavy atom. The molecule has 6 nitrogen and oxygen atoms in total. The lowest BCUT2D eigenvalue weighted by Crippen LogP contribution is -2.33. The molecule has 3 aliphatic rings. The highest BCUT2D eigenvalue weighted by atomic mass is 16.7. The molecule has 0 saturated heterocycles. The van der Waals surface area contributed by atoms with Crippen molar-refractivity contribution in [3.05, 3.63) is 46.5 Å². The first-order valence-corrected chi connectivity index (χ1v) is 9.13. The first-order chi connectivity index (χ1) is 13.2. The maximum absolute atomic E-state index is 12.8. The minimum Gasteiger partial charge on any atom is -0.493 e. The van der Waals surface area contributed by atoms with Crippen molar-refractivity contribution in [3.63, 3.8) is 0 Å². The standard InChI is InChI=1S/C21H21NO5/c1-24-17-5-12-3-4-22-10-16(14(12)8-18(17)25-2)15-9-20-19(26-11-27-20)6-13(15)7-21(22)23/h5-6,8-9,16H,3-4,7,10-11H2,1-2H3. The van der Waals surface area contributed by atoms with Gasteiger partial charge in [0.25, 0.3) is 0 Å². The second-order valence-electron chi connectivity index (χ2n) is 7.13. The van der Waals surface area contributed by atoms with Crippen LogP contribution in [0.15, 0.2) is 24.3 Å². The van der Waals surface area contributed by atoms with E-state index in [-0.39, 0.29) is 18.6 Å². The quantitative estimate of drug-likeness (QED) is 0.816. The van der Waals surface area contributed by atoms with Crippen molar-refractivity contribution in [2.24, 2.45) is 0 Å². The molecule has 0 aliphatic carbocycles. The van der Waals surface area contributed by atoms with Crippen LogP contribution in [-0.2, 0) is 17.6 Å². The number of hydrogen-bond acceptors (Lipinski definition) is 5. The summed E-state index contributed by atoms with van der Waals surface area (Å²) in [6.07, 6.45) is 1.20. The van der Waals surface area contributed by atoms with Crippen LogP contribution < -0.4 is 18.9 Å². The van der Waals surface area contributed by atoms with Gasteiger partial charge in [0.15, 0.2) is 23.0 Å². The lowest BCUT2D eigenvalue weighted by atomic mass is 9.85. The first kappa shape index (κ1) is 16.3. The third-order valence-corrected chi connectivity index (χ3v) is 5.78. The molecule has 3 heterocycles. The molecule has 27 heavy (non-hydrogen) atoms. The van der Waals surface area contributed by atoms with E-state index in [0.717, 1.165) is 34.8 Å². The Balaban J connectivity index is 1.72. The average molecular weight is 367 g/mol. The molecule has 1 amide bonds. The van der Waals surface area contributed by atoms with Gasteiger partial charge in [-0.2, -0.15) is 0 Å². The lowest BCUT2D eigenvalue weighted by Gasteiger charge is -2.23. The van der Waals surface area contributed by atoms with Gasteiger partial charge in [-0.1, -0.05) is 0 Å². The van der Waals surface area contributed by atoms with Crippen molar-refractivity contribution in [2.45, 2.75) is 18.8 Å². The summed E-state index contributed by atoms with van der Waals surface area (Å²) in [6.45, 7) is 1.59. The Kier molecular flexibility index (Phi) is 3.67. The van der Waals surface area contributed by atoms with Crippen LogP contribution in [0.5, 0.6) is 23.0 Å². The summed E-state index contributed by atoms with van der Waals surface area (Å²) in [7, 11) is 3.29. The summed E-state index contributed by atoms with van der Waals surface area (Å²) in [5.41, 5.74) is 4.52. The van der Waals surface area contributed by atoms with Crippen LogP contribution in [0.25, 0.3) is 0 Å². The highest BCUT2D eigenvalue weighted by Gasteiger charge is 2.34. The zero-order valence-corrected chi connectivity index (χ0v) is 15.4. The molecule has 0 fully saturated rings. The number of hydrogen-bond donors (Lipinski definition) is 0. The van der Waals surface area contributed by atoms with Crippen LogP contribution in [0, 0.1) is 0 Å². The normalized spacial score (nSPS) is 19.7. The fourth-order valence-electron chi connectivity index (χ4n) is 4.39. The topological polar surface area (TPSA) is 57.2 Å². The molecule has 6 heteroatoms. The molecule has 2 bridgehead atoms. The minimum absolute atomic E-state index is 0.0678. The van der Waals surface area contributed by atoms with Gasteiger partial charge in [0.05, 0.1) is 20.6 Å². The molecule has 2 aromatic carbocycles. The first-order valence-electron chi connectivity index (χ1n) is 9.13. The molecule has 3 aliphatic heterocycles. The van der Waals surface area contributed by atoms with Crippen molar-refractivity contribution in [3.8, 4) is 23.0 Å². The van der Waals surface area contributed by atoms with E-state index < -0.39 is 0 Å². The number of benzene rings is 2. The second kappa shape index (κ2) is 6.08. The van der Waals surface area contributed by atoms with Crippen LogP contribution in [0.4, 0.5) is 0 Å². The van der Waals surface area contributed by atoms with Gasteiger partial charge in [-0.3, -0.25) is 4.79 Å². The van der Waals surface area contributed by atoms with Crippen LogP contribution in [-0.4, -0.2) is 44.9 Å². The molecule has 2 aromatic rings. The Morgan fingerprint density at radius 3 is 2.44 bits per heavy atom. The van der Waals surface area contributed by atoms with Gasteiger partial charge in [-0.15, -0.1) is 0 Å². The van der Waals surface area contributed by atoms with Crippen LogP contribution in [0.3, 0.4) is 0 Å². The zero-order valence-electron chi connectivity index (χ0n) is 15.4. The molecule has 140 valence electrons. The molecule has 0 spiro atoms. The maximum Gasteiger partial charge on any atom is 0.231 e. The number of carbonyl (C=O) groups excluding carboxylic acids is 1. The third-order valence-electron chi connectivity index (χ3n) is 5.78. The maximum atomic E-state index is 12.8. The van der Waals surface area contributed by atoms with E-state index in [0.29, 0.717) is 25.3 Å². The van der Waals surface area contributed by atoms with E-state index >= 15 is 0 Å². The highest BCUT2D eigenvalue weighted by molar-refractivity contribution is 5.81. The molecular formula is C21H21NO5. The molecule has 5 rings (SSSR count).